The molecule has 1 amide bonds. The Morgan fingerprint density at radius 1 is 1.40 bits per heavy atom. The van der Waals surface area contributed by atoms with Gasteiger partial charge in [0.1, 0.15) is 6.04 Å². The van der Waals surface area contributed by atoms with Crippen molar-refractivity contribution in [3.8, 4) is 0 Å². The Balaban J connectivity index is 2.63. The summed E-state index contributed by atoms with van der Waals surface area (Å²) >= 11 is 3.37. The maximum Gasteiger partial charge on any atom is 0.326 e. The van der Waals surface area contributed by atoms with Gasteiger partial charge in [0.15, 0.2) is 0 Å². The quantitative estimate of drug-likeness (QED) is 0.800. The van der Waals surface area contributed by atoms with Crippen LogP contribution >= 0.6 is 15.9 Å². The fourth-order valence-electron chi connectivity index (χ4n) is 1.94. The van der Waals surface area contributed by atoms with Crippen LogP contribution in [-0.2, 0) is 16.0 Å². The first-order valence-electron chi connectivity index (χ1n) is 6.71. The number of carbonyl (C=O) groups excluding carboxylic acids is 1. The van der Waals surface area contributed by atoms with E-state index >= 15 is 0 Å². The van der Waals surface area contributed by atoms with Crippen LogP contribution in [0, 0.1) is 6.92 Å². The molecule has 1 rings (SSSR count). The number of aliphatic carboxylic acids is 1. The van der Waals surface area contributed by atoms with Crippen molar-refractivity contribution in [1.29, 1.82) is 0 Å². The molecule has 4 nitrogen and oxygen atoms in total. The minimum Gasteiger partial charge on any atom is -0.480 e. The number of aryl methyl sites for hydroxylation is 1. The van der Waals surface area contributed by atoms with Crippen molar-refractivity contribution >= 4 is 27.8 Å². The Kier molecular flexibility index (Phi) is 6.71. The standard InChI is InChI=1S/C15H20BrNO3/c1-3-4-5-13(15(19)20)17-14(18)9-11-6-7-12(16)8-10(11)2/h6-8,13H,3-5,9H2,1-2H3,(H,17,18)(H,19,20). The number of carboxylic acids is 1. The molecule has 0 bridgehead atoms. The fourth-order valence-corrected chi connectivity index (χ4v) is 2.42. The molecule has 0 aliphatic carbocycles. The first-order valence-corrected chi connectivity index (χ1v) is 7.50. The molecular weight excluding hydrogens is 322 g/mol. The van der Waals surface area contributed by atoms with Crippen molar-refractivity contribution in [3.05, 3.63) is 33.8 Å². The first-order chi connectivity index (χ1) is 9.43. The molecule has 0 aliphatic rings. The normalized spacial score (nSPS) is 11.9. The third-order valence-corrected chi connectivity index (χ3v) is 3.63. The van der Waals surface area contributed by atoms with Crippen molar-refractivity contribution in [2.24, 2.45) is 0 Å². The summed E-state index contributed by atoms with van der Waals surface area (Å²) in [6.07, 6.45) is 2.37. The van der Waals surface area contributed by atoms with Crippen LogP contribution in [0.25, 0.3) is 0 Å². The largest absolute Gasteiger partial charge is 0.480 e. The van der Waals surface area contributed by atoms with Gasteiger partial charge in [0.2, 0.25) is 5.91 Å². The Labute approximate surface area is 127 Å². The van der Waals surface area contributed by atoms with Gasteiger partial charge in [0.25, 0.3) is 0 Å². The van der Waals surface area contributed by atoms with Crippen LogP contribution in [0.3, 0.4) is 0 Å². The van der Waals surface area contributed by atoms with Gasteiger partial charge in [-0.3, -0.25) is 4.79 Å². The predicted molar refractivity (Wildman–Crippen MR) is 81.7 cm³/mol. The molecule has 1 aromatic carbocycles. The number of unbranched alkanes of at least 4 members (excludes halogenated alkanes) is 1. The highest BCUT2D eigenvalue weighted by atomic mass is 79.9. The topological polar surface area (TPSA) is 66.4 Å². The minimum absolute atomic E-state index is 0.203. The number of hydrogen-bond acceptors (Lipinski definition) is 2. The number of hydrogen-bond donors (Lipinski definition) is 2. The van der Waals surface area contributed by atoms with E-state index in [0.29, 0.717) is 6.42 Å². The summed E-state index contributed by atoms with van der Waals surface area (Å²) in [6.45, 7) is 3.92. The Morgan fingerprint density at radius 3 is 2.65 bits per heavy atom. The fraction of sp³-hybridized carbons (Fsp3) is 0.467. The van der Waals surface area contributed by atoms with E-state index < -0.39 is 12.0 Å². The second-order valence-corrected chi connectivity index (χ2v) is 5.76. The SMILES string of the molecule is CCCCC(NC(=O)Cc1ccc(Br)cc1C)C(=O)O. The van der Waals surface area contributed by atoms with Gasteiger partial charge in [0, 0.05) is 4.47 Å². The predicted octanol–water partition coefficient (Wildman–Crippen LogP) is 3.06. The molecule has 2 N–H and O–H groups in total. The van der Waals surface area contributed by atoms with Crippen molar-refractivity contribution < 1.29 is 14.7 Å². The van der Waals surface area contributed by atoms with E-state index in [9.17, 15) is 9.59 Å². The van der Waals surface area contributed by atoms with E-state index in [1.165, 1.54) is 0 Å². The van der Waals surface area contributed by atoms with Crippen LogP contribution in [0.4, 0.5) is 0 Å². The van der Waals surface area contributed by atoms with Crippen LogP contribution in [0.5, 0.6) is 0 Å². The zero-order valence-electron chi connectivity index (χ0n) is 11.8. The Hall–Kier alpha value is -1.36. The lowest BCUT2D eigenvalue weighted by Crippen LogP contribution is -2.41. The van der Waals surface area contributed by atoms with Gasteiger partial charge in [-0.1, -0.05) is 41.8 Å². The molecule has 0 spiro atoms. The summed E-state index contributed by atoms with van der Waals surface area (Å²) in [7, 11) is 0. The number of nitrogens with one attached hydrogen (secondary N) is 1. The molecule has 0 heterocycles. The number of amides is 1. The Morgan fingerprint density at radius 2 is 2.10 bits per heavy atom. The van der Waals surface area contributed by atoms with Gasteiger partial charge in [0.05, 0.1) is 6.42 Å². The highest BCUT2D eigenvalue weighted by Gasteiger charge is 2.19. The highest BCUT2D eigenvalue weighted by molar-refractivity contribution is 9.10. The molecular formula is C15H20BrNO3. The number of carboxylic acid groups (broad SMARTS) is 1. The second-order valence-electron chi connectivity index (χ2n) is 4.85. The van der Waals surface area contributed by atoms with E-state index in [4.69, 9.17) is 5.11 Å². The molecule has 0 radical (unpaired) electrons. The third-order valence-electron chi connectivity index (χ3n) is 3.14. The average molecular weight is 342 g/mol. The summed E-state index contributed by atoms with van der Waals surface area (Å²) in [5, 5.41) is 11.7. The van der Waals surface area contributed by atoms with Gasteiger partial charge < -0.3 is 10.4 Å². The number of halogens is 1. The van der Waals surface area contributed by atoms with E-state index in [2.05, 4.69) is 21.2 Å². The molecule has 20 heavy (non-hydrogen) atoms. The second kappa shape index (κ2) is 8.04. The van der Waals surface area contributed by atoms with Crippen molar-refractivity contribution in [2.75, 3.05) is 0 Å². The summed E-state index contributed by atoms with van der Waals surface area (Å²) in [6, 6.07) is 4.90. The molecule has 110 valence electrons. The maximum absolute atomic E-state index is 11.9. The zero-order valence-corrected chi connectivity index (χ0v) is 13.4. The van der Waals surface area contributed by atoms with Gasteiger partial charge in [-0.05, 0) is 36.6 Å². The van der Waals surface area contributed by atoms with Gasteiger partial charge in [-0.15, -0.1) is 0 Å². The first kappa shape index (κ1) is 16.7. The number of rotatable bonds is 7. The van der Waals surface area contributed by atoms with Crippen LogP contribution in [-0.4, -0.2) is 23.0 Å². The zero-order chi connectivity index (χ0) is 15.1. The molecule has 1 unspecified atom stereocenters. The Bertz CT molecular complexity index is 488. The maximum atomic E-state index is 11.9. The van der Waals surface area contributed by atoms with Crippen LogP contribution < -0.4 is 5.32 Å². The van der Waals surface area contributed by atoms with Crippen molar-refractivity contribution in [2.45, 2.75) is 45.6 Å². The molecule has 0 saturated carbocycles. The monoisotopic (exact) mass is 341 g/mol. The molecule has 0 saturated heterocycles. The molecule has 5 heteroatoms. The molecule has 0 aliphatic heterocycles. The van der Waals surface area contributed by atoms with E-state index in [1.807, 2.05) is 32.0 Å². The van der Waals surface area contributed by atoms with Crippen molar-refractivity contribution in [1.82, 2.24) is 5.32 Å². The molecule has 0 aromatic heterocycles. The summed E-state index contributed by atoms with van der Waals surface area (Å²) in [4.78, 5) is 23.0. The van der Waals surface area contributed by atoms with Crippen LogP contribution in [0.2, 0.25) is 0 Å². The summed E-state index contributed by atoms with van der Waals surface area (Å²) in [5.74, 6) is -1.22. The smallest absolute Gasteiger partial charge is 0.326 e. The van der Waals surface area contributed by atoms with Crippen molar-refractivity contribution in [3.63, 3.8) is 0 Å². The van der Waals surface area contributed by atoms with Gasteiger partial charge in [-0.25, -0.2) is 4.79 Å². The molecule has 1 aromatic rings. The van der Waals surface area contributed by atoms with Crippen LogP contribution in [0.15, 0.2) is 22.7 Å². The minimum atomic E-state index is -0.973. The lowest BCUT2D eigenvalue weighted by atomic mass is 10.0. The van der Waals surface area contributed by atoms with E-state index in [-0.39, 0.29) is 12.3 Å². The molecule has 0 fully saturated rings. The lowest BCUT2D eigenvalue weighted by molar-refractivity contribution is -0.142. The van der Waals surface area contributed by atoms with Crippen LogP contribution in [0.1, 0.15) is 37.3 Å². The number of benzene rings is 1. The number of carbonyl (C=O) groups is 2. The molecule has 1 atom stereocenters. The van der Waals surface area contributed by atoms with Gasteiger partial charge in [-0.2, -0.15) is 0 Å². The summed E-state index contributed by atoms with van der Waals surface area (Å²) < 4.78 is 0.963. The summed E-state index contributed by atoms with van der Waals surface area (Å²) in [5.41, 5.74) is 1.92. The third kappa shape index (κ3) is 5.33. The van der Waals surface area contributed by atoms with Gasteiger partial charge >= 0.3 is 5.97 Å². The highest BCUT2D eigenvalue weighted by Crippen LogP contribution is 2.16. The lowest BCUT2D eigenvalue weighted by Gasteiger charge is -2.14. The average Bonchev–Trinajstić information content (AvgIpc) is 2.37. The van der Waals surface area contributed by atoms with E-state index in [1.54, 1.807) is 0 Å². The van der Waals surface area contributed by atoms with E-state index in [0.717, 1.165) is 28.4 Å².